The van der Waals surface area contributed by atoms with E-state index in [1.165, 1.54) is 0 Å². The molecule has 0 radical (unpaired) electrons. The number of hydrogen-bond acceptors (Lipinski definition) is 3. The molecule has 0 amide bonds. The molecule has 0 atom stereocenters. The topological polar surface area (TPSA) is 42.9 Å². The van der Waals surface area contributed by atoms with E-state index in [1.54, 1.807) is 18.6 Å². The van der Waals surface area contributed by atoms with Gasteiger partial charge >= 0.3 is 0 Å². The summed E-state index contributed by atoms with van der Waals surface area (Å²) in [7, 11) is 0. The van der Waals surface area contributed by atoms with Gasteiger partial charge in [-0.2, -0.15) is 0 Å². The summed E-state index contributed by atoms with van der Waals surface area (Å²) in [4.78, 5) is 19.3. The highest BCUT2D eigenvalue weighted by atomic mass is 16.1. The molecule has 0 saturated heterocycles. The van der Waals surface area contributed by atoms with E-state index in [-0.39, 0.29) is 0 Å². The van der Waals surface area contributed by atoms with Crippen molar-refractivity contribution in [2.24, 2.45) is 0 Å². The molecule has 1 fully saturated rings. The molecule has 3 heteroatoms. The maximum Gasteiger partial charge on any atom is 0.132 e. The molecule has 1 aromatic heterocycles. The first-order valence-corrected chi connectivity index (χ1v) is 4.64. The van der Waals surface area contributed by atoms with Gasteiger partial charge in [-0.25, -0.2) is 0 Å². The number of rotatable bonds is 1. The zero-order chi connectivity index (χ0) is 9.10. The molecule has 13 heavy (non-hydrogen) atoms. The molecule has 0 aliphatic heterocycles. The van der Waals surface area contributed by atoms with Crippen LogP contribution in [0.15, 0.2) is 18.6 Å². The molecule has 3 nitrogen and oxygen atoms in total. The fraction of sp³-hybridized carbons (Fsp3) is 0.500. The fourth-order valence-electron chi connectivity index (χ4n) is 1.76. The molecule has 1 aliphatic carbocycles. The fourth-order valence-corrected chi connectivity index (χ4v) is 1.76. The molecule has 0 unspecified atom stereocenters. The van der Waals surface area contributed by atoms with Crippen LogP contribution in [0.5, 0.6) is 0 Å². The van der Waals surface area contributed by atoms with Crippen LogP contribution in [-0.4, -0.2) is 15.8 Å². The van der Waals surface area contributed by atoms with Crippen LogP contribution in [0.25, 0.3) is 0 Å². The van der Waals surface area contributed by atoms with Gasteiger partial charge in [-0.1, -0.05) is 0 Å². The number of nitrogens with zero attached hydrogens (tertiary/aromatic N) is 2. The van der Waals surface area contributed by atoms with Crippen molar-refractivity contribution in [3.05, 3.63) is 24.3 Å². The molecule has 1 aromatic rings. The molecule has 0 N–H and O–H groups in total. The normalized spacial score (nSPS) is 18.9. The monoisotopic (exact) mass is 176 g/mol. The van der Waals surface area contributed by atoms with Gasteiger partial charge in [-0.15, -0.1) is 0 Å². The number of ketones is 1. The van der Waals surface area contributed by atoms with E-state index >= 15 is 0 Å². The van der Waals surface area contributed by atoms with Gasteiger partial charge < -0.3 is 0 Å². The maximum atomic E-state index is 11.0. The minimum Gasteiger partial charge on any atom is -0.300 e. The van der Waals surface area contributed by atoms with Gasteiger partial charge in [0.1, 0.15) is 5.78 Å². The molecule has 1 saturated carbocycles. The SMILES string of the molecule is O=C1CCC(c2cnccn2)CC1. The number of hydrogen-bond donors (Lipinski definition) is 0. The predicted molar refractivity (Wildman–Crippen MR) is 48.2 cm³/mol. The van der Waals surface area contributed by atoms with Crippen molar-refractivity contribution in [2.45, 2.75) is 31.6 Å². The van der Waals surface area contributed by atoms with Crippen LogP contribution in [0.4, 0.5) is 0 Å². The molecule has 1 heterocycles. The van der Waals surface area contributed by atoms with Crippen molar-refractivity contribution in [1.82, 2.24) is 9.97 Å². The first kappa shape index (κ1) is 8.35. The van der Waals surface area contributed by atoms with Gasteiger partial charge in [-0.05, 0) is 12.8 Å². The van der Waals surface area contributed by atoms with Gasteiger partial charge in [0, 0.05) is 37.4 Å². The number of carbonyl (C=O) groups excluding carboxylic acids is 1. The highest BCUT2D eigenvalue weighted by Gasteiger charge is 2.20. The van der Waals surface area contributed by atoms with E-state index in [4.69, 9.17) is 0 Å². The Morgan fingerprint density at radius 1 is 1.23 bits per heavy atom. The van der Waals surface area contributed by atoms with Crippen molar-refractivity contribution in [1.29, 1.82) is 0 Å². The first-order chi connectivity index (χ1) is 6.36. The van der Waals surface area contributed by atoms with E-state index in [0.29, 0.717) is 24.5 Å². The second-order valence-electron chi connectivity index (χ2n) is 3.44. The summed E-state index contributed by atoms with van der Waals surface area (Å²) >= 11 is 0. The summed E-state index contributed by atoms with van der Waals surface area (Å²) in [6, 6.07) is 0. The molecule has 1 aliphatic rings. The standard InChI is InChI=1S/C10H12N2O/c13-9-3-1-8(2-4-9)10-7-11-5-6-12-10/h5-8H,1-4H2. The molecule has 0 bridgehead atoms. The Morgan fingerprint density at radius 3 is 2.62 bits per heavy atom. The van der Waals surface area contributed by atoms with Gasteiger partial charge in [0.05, 0.1) is 5.69 Å². The summed E-state index contributed by atoms with van der Waals surface area (Å²) in [6.45, 7) is 0. The van der Waals surface area contributed by atoms with E-state index in [1.807, 2.05) is 0 Å². The third-order valence-electron chi connectivity index (χ3n) is 2.54. The lowest BCUT2D eigenvalue weighted by Gasteiger charge is -2.19. The van der Waals surface area contributed by atoms with Crippen molar-refractivity contribution in [3.8, 4) is 0 Å². The van der Waals surface area contributed by atoms with Crippen LogP contribution in [-0.2, 0) is 4.79 Å². The Bertz CT molecular complexity index is 287. The van der Waals surface area contributed by atoms with E-state index < -0.39 is 0 Å². The Labute approximate surface area is 77.2 Å². The molecule has 0 aromatic carbocycles. The Hall–Kier alpha value is -1.25. The molecular formula is C10H12N2O. The van der Waals surface area contributed by atoms with Crippen molar-refractivity contribution < 1.29 is 4.79 Å². The molecule has 0 spiro atoms. The van der Waals surface area contributed by atoms with E-state index in [9.17, 15) is 4.79 Å². The second-order valence-corrected chi connectivity index (χ2v) is 3.44. The summed E-state index contributed by atoms with van der Waals surface area (Å²) in [5.74, 6) is 0.839. The number of Topliss-reactive ketones (excluding diaryl/α,β-unsaturated/α-hetero) is 1. The van der Waals surface area contributed by atoms with Crippen molar-refractivity contribution >= 4 is 5.78 Å². The first-order valence-electron chi connectivity index (χ1n) is 4.64. The lowest BCUT2D eigenvalue weighted by molar-refractivity contribution is -0.120. The second kappa shape index (κ2) is 3.64. The Morgan fingerprint density at radius 2 is 2.00 bits per heavy atom. The zero-order valence-electron chi connectivity index (χ0n) is 7.44. The molecule has 68 valence electrons. The minimum atomic E-state index is 0.389. The quantitative estimate of drug-likeness (QED) is 0.654. The highest BCUT2D eigenvalue weighted by Crippen LogP contribution is 2.29. The number of aromatic nitrogens is 2. The summed E-state index contributed by atoms with van der Waals surface area (Å²) in [5, 5.41) is 0. The lowest BCUT2D eigenvalue weighted by Crippen LogP contribution is -2.13. The van der Waals surface area contributed by atoms with Gasteiger partial charge in [0.25, 0.3) is 0 Å². The number of carbonyl (C=O) groups is 1. The maximum absolute atomic E-state index is 11.0. The lowest BCUT2D eigenvalue weighted by atomic mass is 9.86. The predicted octanol–water partition coefficient (Wildman–Crippen LogP) is 1.70. The minimum absolute atomic E-state index is 0.389. The summed E-state index contributed by atoms with van der Waals surface area (Å²) < 4.78 is 0. The Balaban J connectivity index is 2.07. The smallest absolute Gasteiger partial charge is 0.132 e. The van der Waals surface area contributed by atoms with Gasteiger partial charge in [0.2, 0.25) is 0 Å². The zero-order valence-corrected chi connectivity index (χ0v) is 7.44. The van der Waals surface area contributed by atoms with Crippen LogP contribution in [0.3, 0.4) is 0 Å². The van der Waals surface area contributed by atoms with Gasteiger partial charge in [-0.3, -0.25) is 14.8 Å². The van der Waals surface area contributed by atoms with Crippen LogP contribution >= 0.6 is 0 Å². The summed E-state index contributed by atoms with van der Waals surface area (Å²) in [5.41, 5.74) is 1.04. The van der Waals surface area contributed by atoms with Crippen molar-refractivity contribution in [2.75, 3.05) is 0 Å². The largest absolute Gasteiger partial charge is 0.300 e. The average Bonchev–Trinajstić information content (AvgIpc) is 2.20. The average molecular weight is 176 g/mol. The third-order valence-corrected chi connectivity index (χ3v) is 2.54. The van der Waals surface area contributed by atoms with E-state index in [0.717, 1.165) is 18.5 Å². The molecular weight excluding hydrogens is 164 g/mol. The summed E-state index contributed by atoms with van der Waals surface area (Å²) in [6.07, 6.45) is 8.50. The third kappa shape index (κ3) is 1.91. The van der Waals surface area contributed by atoms with Crippen LogP contribution in [0, 0.1) is 0 Å². The van der Waals surface area contributed by atoms with Crippen LogP contribution in [0.1, 0.15) is 37.3 Å². The van der Waals surface area contributed by atoms with Crippen LogP contribution in [0.2, 0.25) is 0 Å². The Kier molecular flexibility index (Phi) is 2.34. The van der Waals surface area contributed by atoms with Gasteiger partial charge in [0.15, 0.2) is 0 Å². The highest BCUT2D eigenvalue weighted by molar-refractivity contribution is 5.79. The van der Waals surface area contributed by atoms with Crippen LogP contribution < -0.4 is 0 Å². The van der Waals surface area contributed by atoms with E-state index in [2.05, 4.69) is 9.97 Å². The molecule has 2 rings (SSSR count). The van der Waals surface area contributed by atoms with Crippen molar-refractivity contribution in [3.63, 3.8) is 0 Å².